The van der Waals surface area contributed by atoms with Crippen LogP contribution in [0.4, 0.5) is 0 Å². The molecule has 0 bridgehead atoms. The number of carbonyl (C=O) groups is 2. The summed E-state index contributed by atoms with van der Waals surface area (Å²) in [5.41, 5.74) is 0. The van der Waals surface area contributed by atoms with E-state index >= 15 is 0 Å². The van der Waals surface area contributed by atoms with Crippen molar-refractivity contribution in [2.75, 3.05) is 7.11 Å². The van der Waals surface area contributed by atoms with Crippen LogP contribution in [-0.2, 0) is 4.74 Å². The van der Waals surface area contributed by atoms with Crippen LogP contribution in [0.15, 0.2) is 12.1 Å². The third-order valence-electron chi connectivity index (χ3n) is 3.16. The maximum atomic E-state index is 12.0. The van der Waals surface area contributed by atoms with Gasteiger partial charge in [-0.1, -0.05) is 19.3 Å². The monoisotopic (exact) mass is 267 g/mol. The van der Waals surface area contributed by atoms with Gasteiger partial charge in [-0.2, -0.15) is 0 Å². The summed E-state index contributed by atoms with van der Waals surface area (Å²) in [4.78, 5) is 24.3. The number of thiophene rings is 1. The first-order valence-electron chi connectivity index (χ1n) is 6.19. The Hall–Kier alpha value is -1.36. The second kappa shape index (κ2) is 6.00. The van der Waals surface area contributed by atoms with Gasteiger partial charge in [-0.15, -0.1) is 11.3 Å². The third-order valence-corrected chi connectivity index (χ3v) is 4.22. The van der Waals surface area contributed by atoms with E-state index in [2.05, 4.69) is 10.1 Å². The third kappa shape index (κ3) is 3.10. The molecule has 98 valence electrons. The maximum Gasteiger partial charge on any atom is 0.348 e. The second-order valence-corrected chi connectivity index (χ2v) is 5.55. The first-order chi connectivity index (χ1) is 8.70. The first-order valence-corrected chi connectivity index (χ1v) is 7.01. The van der Waals surface area contributed by atoms with Crippen molar-refractivity contribution in [3.8, 4) is 0 Å². The number of nitrogens with one attached hydrogen (secondary N) is 1. The number of carbonyl (C=O) groups excluding carboxylic acids is 2. The van der Waals surface area contributed by atoms with Gasteiger partial charge >= 0.3 is 5.97 Å². The van der Waals surface area contributed by atoms with Crippen molar-refractivity contribution < 1.29 is 14.3 Å². The van der Waals surface area contributed by atoms with Gasteiger partial charge in [0.05, 0.1) is 12.0 Å². The first kappa shape index (κ1) is 13.1. The molecule has 0 spiro atoms. The molecule has 1 heterocycles. The van der Waals surface area contributed by atoms with E-state index in [0.29, 0.717) is 9.75 Å². The molecule has 2 rings (SSSR count). The topological polar surface area (TPSA) is 55.4 Å². The molecule has 1 fully saturated rings. The van der Waals surface area contributed by atoms with Gasteiger partial charge in [-0.25, -0.2) is 4.79 Å². The number of rotatable bonds is 3. The van der Waals surface area contributed by atoms with Crippen LogP contribution in [0, 0.1) is 0 Å². The number of amides is 1. The summed E-state index contributed by atoms with van der Waals surface area (Å²) in [6.45, 7) is 0. The number of esters is 1. The molecule has 1 aliphatic carbocycles. The minimum Gasteiger partial charge on any atom is -0.465 e. The Balaban J connectivity index is 1.95. The van der Waals surface area contributed by atoms with Crippen LogP contribution in [-0.4, -0.2) is 25.0 Å². The lowest BCUT2D eigenvalue weighted by Crippen LogP contribution is -2.35. The Morgan fingerprint density at radius 2 is 1.89 bits per heavy atom. The minimum absolute atomic E-state index is 0.0814. The predicted octanol–water partition coefficient (Wildman–Crippen LogP) is 2.60. The van der Waals surface area contributed by atoms with Crippen molar-refractivity contribution in [2.24, 2.45) is 0 Å². The highest BCUT2D eigenvalue weighted by molar-refractivity contribution is 7.15. The van der Waals surface area contributed by atoms with E-state index in [4.69, 9.17) is 0 Å². The lowest BCUT2D eigenvalue weighted by atomic mass is 9.95. The van der Waals surface area contributed by atoms with Crippen molar-refractivity contribution in [1.29, 1.82) is 0 Å². The van der Waals surface area contributed by atoms with Crippen LogP contribution in [0.25, 0.3) is 0 Å². The van der Waals surface area contributed by atoms with E-state index < -0.39 is 5.97 Å². The average Bonchev–Trinajstić information content (AvgIpc) is 2.88. The lowest BCUT2D eigenvalue weighted by molar-refractivity contribution is 0.0606. The number of hydrogen-bond donors (Lipinski definition) is 1. The van der Waals surface area contributed by atoms with E-state index in [0.717, 1.165) is 12.8 Å². The van der Waals surface area contributed by atoms with E-state index in [1.165, 1.54) is 37.7 Å². The molecule has 1 aromatic rings. The van der Waals surface area contributed by atoms with E-state index in [1.807, 2.05) is 0 Å². The fourth-order valence-electron chi connectivity index (χ4n) is 2.17. The Bertz CT molecular complexity index is 435. The highest BCUT2D eigenvalue weighted by Gasteiger charge is 2.19. The Labute approximate surface area is 110 Å². The molecule has 1 N–H and O–H groups in total. The molecular formula is C13H17NO3S. The quantitative estimate of drug-likeness (QED) is 0.856. The minimum atomic E-state index is -0.392. The maximum absolute atomic E-state index is 12.0. The molecule has 4 nitrogen and oxygen atoms in total. The van der Waals surface area contributed by atoms with E-state index in [1.54, 1.807) is 12.1 Å². The predicted molar refractivity (Wildman–Crippen MR) is 70.0 cm³/mol. The zero-order chi connectivity index (χ0) is 13.0. The zero-order valence-electron chi connectivity index (χ0n) is 10.4. The fourth-order valence-corrected chi connectivity index (χ4v) is 3.00. The van der Waals surface area contributed by atoms with Gasteiger partial charge in [0.25, 0.3) is 5.91 Å². The zero-order valence-corrected chi connectivity index (χ0v) is 11.2. The summed E-state index contributed by atoms with van der Waals surface area (Å²) in [6.07, 6.45) is 5.74. The van der Waals surface area contributed by atoms with Crippen LogP contribution < -0.4 is 5.32 Å². The van der Waals surface area contributed by atoms with Crippen LogP contribution in [0.5, 0.6) is 0 Å². The molecule has 0 saturated heterocycles. The summed E-state index contributed by atoms with van der Waals surface area (Å²) in [7, 11) is 1.34. The number of hydrogen-bond acceptors (Lipinski definition) is 4. The Morgan fingerprint density at radius 3 is 2.56 bits per heavy atom. The molecular weight excluding hydrogens is 250 g/mol. The molecule has 1 aliphatic rings. The van der Waals surface area contributed by atoms with Crippen molar-refractivity contribution in [3.05, 3.63) is 21.9 Å². The van der Waals surface area contributed by atoms with Gasteiger partial charge in [-0.05, 0) is 25.0 Å². The van der Waals surface area contributed by atoms with Gasteiger partial charge in [0.2, 0.25) is 0 Å². The molecule has 1 amide bonds. The molecule has 0 atom stereocenters. The smallest absolute Gasteiger partial charge is 0.348 e. The van der Waals surface area contributed by atoms with Crippen LogP contribution >= 0.6 is 11.3 Å². The largest absolute Gasteiger partial charge is 0.465 e. The Morgan fingerprint density at radius 1 is 1.22 bits per heavy atom. The van der Waals surface area contributed by atoms with Gasteiger partial charge in [0.15, 0.2) is 0 Å². The van der Waals surface area contributed by atoms with Gasteiger partial charge in [0, 0.05) is 6.04 Å². The summed E-state index contributed by atoms with van der Waals surface area (Å²) in [5.74, 6) is -0.473. The number of methoxy groups -OCH3 is 1. The summed E-state index contributed by atoms with van der Waals surface area (Å²) < 4.78 is 4.62. The average molecular weight is 267 g/mol. The fraction of sp³-hybridized carbons (Fsp3) is 0.538. The molecule has 0 aliphatic heterocycles. The molecule has 1 saturated carbocycles. The lowest BCUT2D eigenvalue weighted by Gasteiger charge is -2.22. The van der Waals surface area contributed by atoms with Gasteiger partial charge in [-0.3, -0.25) is 4.79 Å². The van der Waals surface area contributed by atoms with Crippen LogP contribution in [0.2, 0.25) is 0 Å². The summed E-state index contributed by atoms with van der Waals surface area (Å²) in [5, 5.41) is 3.02. The van der Waals surface area contributed by atoms with Crippen LogP contribution in [0.1, 0.15) is 51.4 Å². The highest BCUT2D eigenvalue weighted by atomic mass is 32.1. The molecule has 1 aromatic heterocycles. The van der Waals surface area contributed by atoms with Crippen molar-refractivity contribution in [2.45, 2.75) is 38.1 Å². The highest BCUT2D eigenvalue weighted by Crippen LogP contribution is 2.20. The second-order valence-electron chi connectivity index (χ2n) is 4.46. The summed E-state index contributed by atoms with van der Waals surface area (Å²) >= 11 is 1.18. The number of ether oxygens (including phenoxy) is 1. The Kier molecular flexibility index (Phi) is 4.36. The van der Waals surface area contributed by atoms with Gasteiger partial charge < -0.3 is 10.1 Å². The van der Waals surface area contributed by atoms with Crippen LogP contribution in [0.3, 0.4) is 0 Å². The molecule has 0 radical (unpaired) electrons. The van der Waals surface area contributed by atoms with E-state index in [9.17, 15) is 9.59 Å². The SMILES string of the molecule is COC(=O)c1ccc(C(=O)NC2CCCCC2)s1. The molecule has 0 unspecified atom stereocenters. The normalized spacial score (nSPS) is 16.3. The molecule has 0 aromatic carbocycles. The van der Waals surface area contributed by atoms with Crippen molar-refractivity contribution >= 4 is 23.2 Å². The summed E-state index contributed by atoms with van der Waals surface area (Å²) in [6, 6.07) is 3.59. The standard InChI is InChI=1S/C13H17NO3S/c1-17-13(16)11-8-7-10(18-11)12(15)14-9-5-3-2-4-6-9/h7-9H,2-6H2,1H3,(H,14,15). The molecule has 5 heteroatoms. The van der Waals surface area contributed by atoms with Crippen molar-refractivity contribution in [1.82, 2.24) is 5.32 Å². The molecule has 18 heavy (non-hydrogen) atoms. The van der Waals surface area contributed by atoms with Gasteiger partial charge in [0.1, 0.15) is 4.88 Å². The van der Waals surface area contributed by atoms with Crippen molar-refractivity contribution in [3.63, 3.8) is 0 Å². The van der Waals surface area contributed by atoms with E-state index in [-0.39, 0.29) is 11.9 Å².